The molecular formula is C25H25ClN2O. The molecular weight excluding hydrogens is 380 g/mol. The molecule has 0 saturated heterocycles. The van der Waals surface area contributed by atoms with E-state index in [1.807, 2.05) is 68.4 Å². The molecule has 148 valence electrons. The standard InChI is InChI=1S/C20H15ClN2O.C5H10/c1-12-6-8-18(22-11-12)19-15-10-13(7-9-17(15)23-20(19)24)14-4-2-3-5-16(14)21;1-3-5-4-2/h2-11,23-24H,1H3;3,5H,4H2,1-2H3/b;5-3-. The fraction of sp³-hybridized carbons (Fsp3) is 0.160. The molecule has 0 amide bonds. The van der Waals surface area contributed by atoms with Gasteiger partial charge in [-0.1, -0.05) is 61.0 Å². The number of benzene rings is 2. The van der Waals surface area contributed by atoms with Crippen LogP contribution in [0.2, 0.25) is 5.02 Å². The van der Waals surface area contributed by atoms with Crippen LogP contribution in [0.15, 0.2) is 72.9 Å². The van der Waals surface area contributed by atoms with Gasteiger partial charge < -0.3 is 10.1 Å². The minimum atomic E-state index is 0.123. The van der Waals surface area contributed by atoms with E-state index in [-0.39, 0.29) is 5.88 Å². The maximum absolute atomic E-state index is 10.4. The Balaban J connectivity index is 0.000000431. The summed E-state index contributed by atoms with van der Waals surface area (Å²) in [7, 11) is 0. The Labute approximate surface area is 176 Å². The molecule has 0 unspecified atom stereocenters. The Hall–Kier alpha value is -3.04. The predicted molar refractivity (Wildman–Crippen MR) is 123 cm³/mol. The van der Waals surface area contributed by atoms with E-state index in [1.54, 1.807) is 6.20 Å². The molecule has 2 heterocycles. The van der Waals surface area contributed by atoms with Crippen molar-refractivity contribution in [3.63, 3.8) is 0 Å². The number of nitrogens with zero attached hydrogens (tertiary/aromatic N) is 1. The van der Waals surface area contributed by atoms with Crippen LogP contribution in [0.4, 0.5) is 0 Å². The van der Waals surface area contributed by atoms with Crippen molar-refractivity contribution in [2.45, 2.75) is 27.2 Å². The molecule has 3 nitrogen and oxygen atoms in total. The third-order valence-electron chi connectivity index (χ3n) is 4.60. The maximum atomic E-state index is 10.4. The van der Waals surface area contributed by atoms with Crippen molar-refractivity contribution >= 4 is 22.5 Å². The van der Waals surface area contributed by atoms with Crippen LogP contribution >= 0.6 is 11.6 Å². The largest absolute Gasteiger partial charge is 0.494 e. The summed E-state index contributed by atoms with van der Waals surface area (Å²) in [5, 5.41) is 12.0. The normalized spacial score (nSPS) is 10.9. The topological polar surface area (TPSA) is 48.9 Å². The van der Waals surface area contributed by atoms with Crippen molar-refractivity contribution in [1.82, 2.24) is 9.97 Å². The van der Waals surface area contributed by atoms with E-state index >= 15 is 0 Å². The number of aromatic hydroxyl groups is 1. The zero-order valence-electron chi connectivity index (χ0n) is 16.9. The summed E-state index contributed by atoms with van der Waals surface area (Å²) in [6.07, 6.45) is 7.14. The molecule has 2 aromatic carbocycles. The van der Waals surface area contributed by atoms with Crippen LogP contribution in [0.5, 0.6) is 5.88 Å². The molecule has 4 heteroatoms. The maximum Gasteiger partial charge on any atom is 0.199 e. The highest BCUT2D eigenvalue weighted by atomic mass is 35.5. The lowest BCUT2D eigenvalue weighted by Crippen LogP contribution is -1.84. The second-order valence-electron chi connectivity index (χ2n) is 6.79. The quantitative estimate of drug-likeness (QED) is 0.346. The van der Waals surface area contributed by atoms with E-state index in [0.29, 0.717) is 10.6 Å². The number of hydrogen-bond acceptors (Lipinski definition) is 2. The molecule has 4 rings (SSSR count). The molecule has 0 spiro atoms. The van der Waals surface area contributed by atoms with E-state index in [4.69, 9.17) is 11.6 Å². The van der Waals surface area contributed by atoms with Crippen LogP contribution in [0.25, 0.3) is 33.3 Å². The number of H-pyrrole nitrogens is 1. The lowest BCUT2D eigenvalue weighted by Gasteiger charge is -2.06. The highest BCUT2D eigenvalue weighted by Gasteiger charge is 2.15. The first kappa shape index (κ1) is 20.7. The molecule has 0 atom stereocenters. The van der Waals surface area contributed by atoms with E-state index in [1.165, 1.54) is 0 Å². The number of halogens is 1. The number of hydrogen-bond donors (Lipinski definition) is 2. The predicted octanol–water partition coefficient (Wildman–Crippen LogP) is 7.54. The van der Waals surface area contributed by atoms with Crippen LogP contribution in [0.1, 0.15) is 25.8 Å². The van der Waals surface area contributed by atoms with Gasteiger partial charge in [0.15, 0.2) is 5.88 Å². The number of pyridine rings is 1. The number of nitrogens with one attached hydrogen (secondary N) is 1. The van der Waals surface area contributed by atoms with Crippen molar-refractivity contribution in [2.75, 3.05) is 0 Å². The Morgan fingerprint density at radius 3 is 2.52 bits per heavy atom. The SMILES string of the molecule is C/C=C\CC.Cc1ccc(-c2c(O)[nH]c3ccc(-c4ccccc4Cl)cc23)nc1. The zero-order valence-corrected chi connectivity index (χ0v) is 17.7. The second kappa shape index (κ2) is 9.44. The van der Waals surface area contributed by atoms with Crippen LogP contribution in [0, 0.1) is 6.92 Å². The van der Waals surface area contributed by atoms with Gasteiger partial charge in [-0.2, -0.15) is 0 Å². The van der Waals surface area contributed by atoms with E-state index < -0.39 is 0 Å². The van der Waals surface area contributed by atoms with Crippen LogP contribution < -0.4 is 0 Å². The molecule has 0 aliphatic carbocycles. The fourth-order valence-electron chi connectivity index (χ4n) is 3.15. The first-order valence-corrected chi connectivity index (χ1v) is 10.1. The molecule has 2 aromatic heterocycles. The Morgan fingerprint density at radius 2 is 1.90 bits per heavy atom. The van der Waals surface area contributed by atoms with Gasteiger partial charge >= 0.3 is 0 Å². The summed E-state index contributed by atoms with van der Waals surface area (Å²) in [4.78, 5) is 7.46. The highest BCUT2D eigenvalue weighted by Crippen LogP contribution is 2.38. The molecule has 0 aliphatic rings. The number of fused-ring (bicyclic) bond motifs is 1. The van der Waals surface area contributed by atoms with E-state index in [2.05, 4.69) is 29.0 Å². The van der Waals surface area contributed by atoms with Crippen molar-refractivity contribution < 1.29 is 5.11 Å². The van der Waals surface area contributed by atoms with E-state index in [0.717, 1.165) is 39.7 Å². The average Bonchev–Trinajstić information content (AvgIpc) is 3.05. The first-order chi connectivity index (χ1) is 14.0. The zero-order chi connectivity index (χ0) is 20.8. The first-order valence-electron chi connectivity index (χ1n) is 9.69. The van der Waals surface area contributed by atoms with Crippen molar-refractivity contribution in [2.24, 2.45) is 0 Å². The summed E-state index contributed by atoms with van der Waals surface area (Å²) in [5.41, 5.74) is 5.35. The molecule has 4 aromatic rings. The third kappa shape index (κ3) is 4.69. The monoisotopic (exact) mass is 404 g/mol. The molecule has 0 saturated carbocycles. The lowest BCUT2D eigenvalue weighted by atomic mass is 10.0. The summed E-state index contributed by atoms with van der Waals surface area (Å²) >= 11 is 6.32. The average molecular weight is 405 g/mol. The lowest BCUT2D eigenvalue weighted by molar-refractivity contribution is 0.460. The van der Waals surface area contributed by atoms with Crippen LogP contribution in [-0.4, -0.2) is 15.1 Å². The summed E-state index contributed by atoms with van der Waals surface area (Å²) in [6, 6.07) is 17.6. The van der Waals surface area contributed by atoms with Gasteiger partial charge in [0.1, 0.15) is 0 Å². The number of aryl methyl sites for hydroxylation is 1. The minimum Gasteiger partial charge on any atom is -0.494 e. The Bertz CT molecular complexity index is 1130. The molecule has 0 radical (unpaired) electrons. The number of rotatable bonds is 3. The summed E-state index contributed by atoms with van der Waals surface area (Å²) in [6.45, 7) is 6.14. The third-order valence-corrected chi connectivity index (χ3v) is 4.93. The molecule has 0 fully saturated rings. The summed E-state index contributed by atoms with van der Waals surface area (Å²) in [5.74, 6) is 0.123. The molecule has 2 N–H and O–H groups in total. The van der Waals surface area contributed by atoms with E-state index in [9.17, 15) is 5.11 Å². The Morgan fingerprint density at radius 1 is 1.10 bits per heavy atom. The van der Waals surface area contributed by atoms with Gasteiger partial charge in [0.25, 0.3) is 0 Å². The minimum absolute atomic E-state index is 0.123. The van der Waals surface area contributed by atoms with Crippen molar-refractivity contribution in [3.05, 3.63) is 83.5 Å². The number of aromatic nitrogens is 2. The fourth-order valence-corrected chi connectivity index (χ4v) is 3.40. The van der Waals surface area contributed by atoms with Gasteiger partial charge in [-0.3, -0.25) is 4.98 Å². The van der Waals surface area contributed by atoms with Crippen molar-refractivity contribution in [1.29, 1.82) is 0 Å². The van der Waals surface area contributed by atoms with Gasteiger partial charge in [0.2, 0.25) is 0 Å². The molecule has 0 bridgehead atoms. The number of allylic oxidation sites excluding steroid dienone is 2. The highest BCUT2D eigenvalue weighted by molar-refractivity contribution is 6.33. The summed E-state index contributed by atoms with van der Waals surface area (Å²) < 4.78 is 0. The van der Waals surface area contributed by atoms with Crippen molar-refractivity contribution in [3.8, 4) is 28.3 Å². The van der Waals surface area contributed by atoms with Gasteiger partial charge in [-0.05, 0) is 55.7 Å². The van der Waals surface area contributed by atoms with Gasteiger partial charge in [0.05, 0.1) is 11.3 Å². The van der Waals surface area contributed by atoms with Crippen LogP contribution in [-0.2, 0) is 0 Å². The second-order valence-corrected chi connectivity index (χ2v) is 7.19. The Kier molecular flexibility index (Phi) is 6.73. The van der Waals surface area contributed by atoms with Gasteiger partial charge in [-0.25, -0.2) is 0 Å². The molecule has 29 heavy (non-hydrogen) atoms. The number of aromatic amines is 1. The van der Waals surface area contributed by atoms with Gasteiger partial charge in [0, 0.05) is 27.7 Å². The molecule has 0 aliphatic heterocycles. The smallest absolute Gasteiger partial charge is 0.199 e. The van der Waals surface area contributed by atoms with Crippen LogP contribution in [0.3, 0.4) is 0 Å². The van der Waals surface area contributed by atoms with Gasteiger partial charge in [-0.15, -0.1) is 0 Å².